The van der Waals surface area contributed by atoms with Gasteiger partial charge in [0.25, 0.3) is 0 Å². The van der Waals surface area contributed by atoms with Crippen molar-refractivity contribution in [3.63, 3.8) is 0 Å². The Balaban J connectivity index is 1.92. The molecule has 92 valence electrons. The highest BCUT2D eigenvalue weighted by atomic mass is 16.5. The summed E-state index contributed by atoms with van der Waals surface area (Å²) in [6.07, 6.45) is 4.89. The molecular weight excluding hydrogens is 216 g/mol. The number of nitrogens with one attached hydrogen (secondary N) is 1. The molecule has 0 bridgehead atoms. The summed E-state index contributed by atoms with van der Waals surface area (Å²) in [6, 6.07) is 1.95. The van der Waals surface area contributed by atoms with Crippen LogP contribution >= 0.6 is 0 Å². The van der Waals surface area contributed by atoms with Gasteiger partial charge in [-0.05, 0) is 31.6 Å². The zero-order valence-corrected chi connectivity index (χ0v) is 10.0. The molecule has 1 heterocycles. The summed E-state index contributed by atoms with van der Waals surface area (Å²) in [4.78, 5) is 9.07. The van der Waals surface area contributed by atoms with Crippen LogP contribution in [0.3, 0.4) is 0 Å². The largest absolute Gasteiger partial charge is 0.373 e. The SMILES string of the molecule is COC(c1nc(NN)cc(C2CC2)n1)C1CC1. The van der Waals surface area contributed by atoms with Gasteiger partial charge in [0, 0.05) is 24.8 Å². The van der Waals surface area contributed by atoms with Gasteiger partial charge >= 0.3 is 0 Å². The van der Waals surface area contributed by atoms with Crippen molar-refractivity contribution in [3.8, 4) is 0 Å². The summed E-state index contributed by atoms with van der Waals surface area (Å²) >= 11 is 0. The second kappa shape index (κ2) is 4.23. The van der Waals surface area contributed by atoms with Crippen LogP contribution in [-0.4, -0.2) is 17.1 Å². The molecule has 2 fully saturated rings. The molecular formula is C12H18N4O. The number of nitrogens with zero attached hydrogens (tertiary/aromatic N) is 2. The number of aromatic nitrogens is 2. The summed E-state index contributed by atoms with van der Waals surface area (Å²) in [7, 11) is 1.73. The van der Waals surface area contributed by atoms with Gasteiger partial charge in [-0.1, -0.05) is 0 Å². The average Bonchev–Trinajstić information content (AvgIpc) is 3.20. The summed E-state index contributed by atoms with van der Waals surface area (Å²) in [5.41, 5.74) is 3.72. The van der Waals surface area contributed by atoms with Crippen LogP contribution in [0.15, 0.2) is 6.07 Å². The molecule has 0 aromatic carbocycles. The van der Waals surface area contributed by atoms with E-state index in [1.54, 1.807) is 7.11 Å². The van der Waals surface area contributed by atoms with Gasteiger partial charge < -0.3 is 10.2 Å². The molecule has 0 amide bonds. The molecule has 5 nitrogen and oxygen atoms in total. The van der Waals surface area contributed by atoms with E-state index in [0.29, 0.717) is 17.7 Å². The smallest absolute Gasteiger partial charge is 0.160 e. The predicted octanol–water partition coefficient (Wildman–Crippen LogP) is 1.74. The van der Waals surface area contributed by atoms with E-state index >= 15 is 0 Å². The maximum Gasteiger partial charge on any atom is 0.160 e. The zero-order chi connectivity index (χ0) is 11.8. The lowest BCUT2D eigenvalue weighted by Crippen LogP contribution is -2.15. The Morgan fingerprint density at radius 2 is 2.12 bits per heavy atom. The van der Waals surface area contributed by atoms with E-state index in [9.17, 15) is 0 Å². The van der Waals surface area contributed by atoms with Gasteiger partial charge in [0.05, 0.1) is 0 Å². The van der Waals surface area contributed by atoms with Crippen molar-refractivity contribution >= 4 is 5.82 Å². The number of anilines is 1. The summed E-state index contributed by atoms with van der Waals surface area (Å²) in [5, 5.41) is 0. The first-order valence-corrected chi connectivity index (χ1v) is 6.20. The Bertz CT molecular complexity index is 415. The van der Waals surface area contributed by atoms with Crippen LogP contribution in [0.2, 0.25) is 0 Å². The Morgan fingerprint density at radius 3 is 2.65 bits per heavy atom. The lowest BCUT2D eigenvalue weighted by Gasteiger charge is -2.15. The van der Waals surface area contributed by atoms with Gasteiger partial charge in [-0.15, -0.1) is 0 Å². The van der Waals surface area contributed by atoms with Gasteiger partial charge in [-0.25, -0.2) is 15.8 Å². The van der Waals surface area contributed by atoms with Crippen LogP contribution < -0.4 is 11.3 Å². The van der Waals surface area contributed by atoms with E-state index in [1.807, 2.05) is 6.07 Å². The maximum atomic E-state index is 5.52. The fraction of sp³-hybridized carbons (Fsp3) is 0.667. The normalized spacial score (nSPS) is 21.3. The number of methoxy groups -OCH3 is 1. The van der Waals surface area contributed by atoms with Crippen LogP contribution in [0.4, 0.5) is 5.82 Å². The minimum absolute atomic E-state index is 0.0285. The molecule has 3 N–H and O–H groups in total. The van der Waals surface area contributed by atoms with Crippen molar-refractivity contribution in [1.29, 1.82) is 0 Å². The fourth-order valence-corrected chi connectivity index (χ4v) is 2.18. The highest BCUT2D eigenvalue weighted by molar-refractivity contribution is 5.37. The number of hydrazine groups is 1. The Kier molecular flexibility index (Phi) is 2.72. The van der Waals surface area contributed by atoms with Crippen molar-refractivity contribution in [2.24, 2.45) is 11.8 Å². The Hall–Kier alpha value is -1.20. The molecule has 5 heteroatoms. The van der Waals surface area contributed by atoms with Crippen LogP contribution in [0.1, 0.15) is 49.2 Å². The van der Waals surface area contributed by atoms with Gasteiger partial charge in [-0.2, -0.15) is 0 Å². The molecule has 1 atom stereocenters. The molecule has 1 aromatic rings. The third-order valence-corrected chi connectivity index (χ3v) is 3.47. The minimum atomic E-state index is 0.0285. The Morgan fingerprint density at radius 1 is 1.35 bits per heavy atom. The first-order chi connectivity index (χ1) is 8.31. The van der Waals surface area contributed by atoms with Crippen molar-refractivity contribution in [3.05, 3.63) is 17.6 Å². The molecule has 0 radical (unpaired) electrons. The molecule has 2 aliphatic carbocycles. The zero-order valence-electron chi connectivity index (χ0n) is 10.0. The third kappa shape index (κ3) is 2.25. The lowest BCUT2D eigenvalue weighted by molar-refractivity contribution is 0.0771. The second-order valence-corrected chi connectivity index (χ2v) is 4.95. The highest BCUT2D eigenvalue weighted by Crippen LogP contribution is 2.44. The van der Waals surface area contributed by atoms with E-state index in [0.717, 1.165) is 11.5 Å². The molecule has 0 aliphatic heterocycles. The number of hydrogen-bond donors (Lipinski definition) is 2. The molecule has 1 unspecified atom stereocenters. The van der Waals surface area contributed by atoms with Crippen LogP contribution in [0.5, 0.6) is 0 Å². The first kappa shape index (κ1) is 10.9. The highest BCUT2D eigenvalue weighted by Gasteiger charge is 2.35. The van der Waals surface area contributed by atoms with E-state index in [2.05, 4.69) is 15.4 Å². The van der Waals surface area contributed by atoms with Crippen LogP contribution in [0, 0.1) is 5.92 Å². The van der Waals surface area contributed by atoms with Gasteiger partial charge in [0.1, 0.15) is 11.9 Å². The molecule has 17 heavy (non-hydrogen) atoms. The van der Waals surface area contributed by atoms with Crippen molar-refractivity contribution in [1.82, 2.24) is 9.97 Å². The number of rotatable bonds is 5. The summed E-state index contributed by atoms with van der Waals surface area (Å²) in [6.45, 7) is 0. The van der Waals surface area contributed by atoms with E-state index in [4.69, 9.17) is 10.6 Å². The molecule has 3 rings (SSSR count). The minimum Gasteiger partial charge on any atom is -0.373 e. The topological polar surface area (TPSA) is 73.1 Å². The average molecular weight is 234 g/mol. The molecule has 0 spiro atoms. The first-order valence-electron chi connectivity index (χ1n) is 6.20. The van der Waals surface area contributed by atoms with Crippen LogP contribution in [-0.2, 0) is 4.74 Å². The molecule has 1 aromatic heterocycles. The van der Waals surface area contributed by atoms with Crippen molar-refractivity contribution < 1.29 is 4.74 Å². The Labute approximate surface area is 101 Å². The van der Waals surface area contributed by atoms with Gasteiger partial charge in [-0.3, -0.25) is 0 Å². The summed E-state index contributed by atoms with van der Waals surface area (Å²) < 4.78 is 5.52. The maximum absolute atomic E-state index is 5.52. The quantitative estimate of drug-likeness (QED) is 0.599. The molecule has 2 saturated carbocycles. The van der Waals surface area contributed by atoms with Crippen LogP contribution in [0.25, 0.3) is 0 Å². The van der Waals surface area contributed by atoms with E-state index in [-0.39, 0.29) is 6.10 Å². The summed E-state index contributed by atoms with van der Waals surface area (Å²) in [5.74, 6) is 8.12. The second-order valence-electron chi connectivity index (χ2n) is 4.95. The number of nitrogen functional groups attached to an aromatic ring is 1. The fourth-order valence-electron chi connectivity index (χ4n) is 2.18. The van der Waals surface area contributed by atoms with E-state index in [1.165, 1.54) is 25.7 Å². The van der Waals surface area contributed by atoms with Crippen molar-refractivity contribution in [2.75, 3.05) is 12.5 Å². The van der Waals surface area contributed by atoms with Gasteiger partial charge in [0.15, 0.2) is 5.82 Å². The number of hydrogen-bond acceptors (Lipinski definition) is 5. The molecule has 2 aliphatic rings. The monoisotopic (exact) mass is 234 g/mol. The standard InChI is InChI=1S/C12H18N4O/c1-17-11(8-4-5-8)12-14-9(7-2-3-7)6-10(15-12)16-13/h6-8,11H,2-5,13H2,1H3,(H,14,15,16). The molecule has 0 saturated heterocycles. The third-order valence-electron chi connectivity index (χ3n) is 3.47. The van der Waals surface area contributed by atoms with Gasteiger partial charge in [0.2, 0.25) is 0 Å². The number of nitrogens with two attached hydrogens (primary N) is 1. The lowest BCUT2D eigenvalue weighted by atomic mass is 10.2. The number of ether oxygens (including phenoxy) is 1. The van der Waals surface area contributed by atoms with E-state index < -0.39 is 0 Å². The predicted molar refractivity (Wildman–Crippen MR) is 64.3 cm³/mol. The van der Waals surface area contributed by atoms with Crippen molar-refractivity contribution in [2.45, 2.75) is 37.7 Å².